The summed E-state index contributed by atoms with van der Waals surface area (Å²) >= 11 is 0. The lowest BCUT2D eigenvalue weighted by Crippen LogP contribution is -1.91. The van der Waals surface area contributed by atoms with E-state index in [1.54, 1.807) is 0 Å². The molecule has 0 aliphatic carbocycles. The van der Waals surface area contributed by atoms with Crippen LogP contribution < -0.4 is 0 Å². The average Bonchev–Trinajstić information content (AvgIpc) is 3.51. The van der Waals surface area contributed by atoms with Crippen LogP contribution in [0.5, 0.6) is 0 Å². The highest BCUT2D eigenvalue weighted by molar-refractivity contribution is 6.23. The van der Waals surface area contributed by atoms with Crippen LogP contribution in [0.15, 0.2) is 174 Å². The van der Waals surface area contributed by atoms with Crippen molar-refractivity contribution in [2.45, 2.75) is 0 Å². The summed E-state index contributed by atoms with van der Waals surface area (Å²) in [6, 6.07) is 61.7. The van der Waals surface area contributed by atoms with E-state index in [0.29, 0.717) is 0 Å². The monoisotopic (exact) mass is 596 g/mol. The van der Waals surface area contributed by atoms with Crippen LogP contribution in [0.2, 0.25) is 0 Å². The average molecular weight is 597 g/mol. The third-order valence-corrected chi connectivity index (χ3v) is 9.83. The van der Waals surface area contributed by atoms with Crippen molar-refractivity contribution in [1.82, 2.24) is 0 Å². The van der Waals surface area contributed by atoms with Crippen molar-refractivity contribution >= 4 is 65.0 Å². The van der Waals surface area contributed by atoms with Crippen LogP contribution in [0.1, 0.15) is 0 Å². The van der Waals surface area contributed by atoms with Crippen molar-refractivity contribution in [2.75, 3.05) is 0 Å². The summed E-state index contributed by atoms with van der Waals surface area (Å²) in [5.41, 5.74) is 9.32. The molecule has 0 fully saturated rings. The van der Waals surface area contributed by atoms with Crippen LogP contribution >= 0.6 is 0 Å². The zero-order valence-electron chi connectivity index (χ0n) is 25.6. The van der Waals surface area contributed by atoms with E-state index in [1.807, 2.05) is 12.1 Å². The standard InChI is InChI=1S/C46H28O/c1-2-12-35-29(10-1)11-9-18-37(35)46-40-16-5-3-14-38(40)45(39-15-4-6-17-41(39)46)34-23-22-30-26-31(20-21-32(30)27-34)33-24-25-44-42(28-33)36-13-7-8-19-43(36)47-44/h1-28H. The van der Waals surface area contributed by atoms with Gasteiger partial charge in [-0.05, 0) is 107 Å². The van der Waals surface area contributed by atoms with Gasteiger partial charge in [0.05, 0.1) is 0 Å². The molecule has 0 aliphatic heterocycles. The Hall–Kier alpha value is -6.18. The van der Waals surface area contributed by atoms with Gasteiger partial charge in [-0.25, -0.2) is 0 Å². The van der Waals surface area contributed by atoms with E-state index in [-0.39, 0.29) is 0 Å². The first kappa shape index (κ1) is 26.1. The van der Waals surface area contributed by atoms with Crippen molar-refractivity contribution in [3.63, 3.8) is 0 Å². The highest BCUT2D eigenvalue weighted by Crippen LogP contribution is 2.45. The van der Waals surface area contributed by atoms with Crippen molar-refractivity contribution in [3.05, 3.63) is 170 Å². The summed E-state index contributed by atoms with van der Waals surface area (Å²) in [4.78, 5) is 0. The highest BCUT2D eigenvalue weighted by atomic mass is 16.3. The number of hydrogen-bond donors (Lipinski definition) is 0. The SMILES string of the molecule is c1ccc2c(-c3c4ccccc4c(-c4ccc5cc(-c6ccc7oc8ccccc8c7c6)ccc5c4)c4ccccc34)cccc2c1. The molecule has 9 aromatic carbocycles. The zero-order valence-corrected chi connectivity index (χ0v) is 25.6. The zero-order chi connectivity index (χ0) is 30.9. The molecule has 218 valence electrons. The maximum atomic E-state index is 6.08. The second kappa shape index (κ2) is 10.2. The predicted octanol–water partition coefficient (Wildman–Crippen LogP) is 13.2. The molecule has 0 unspecified atom stereocenters. The van der Waals surface area contributed by atoms with Crippen LogP contribution in [-0.2, 0) is 0 Å². The minimum atomic E-state index is 0.923. The van der Waals surface area contributed by atoms with Gasteiger partial charge in [-0.1, -0.05) is 140 Å². The summed E-state index contributed by atoms with van der Waals surface area (Å²) in [6.45, 7) is 0. The molecule has 1 heteroatoms. The number of benzene rings is 9. The Morgan fingerprint density at radius 1 is 0.277 bits per heavy atom. The molecule has 0 N–H and O–H groups in total. The van der Waals surface area contributed by atoms with Gasteiger partial charge >= 0.3 is 0 Å². The molecular weight excluding hydrogens is 569 g/mol. The third-order valence-electron chi connectivity index (χ3n) is 9.83. The first-order valence-electron chi connectivity index (χ1n) is 16.2. The molecule has 0 amide bonds. The fourth-order valence-corrected chi connectivity index (χ4v) is 7.66. The molecule has 0 saturated carbocycles. The van der Waals surface area contributed by atoms with E-state index in [0.717, 1.165) is 21.9 Å². The van der Waals surface area contributed by atoms with Gasteiger partial charge in [0.2, 0.25) is 0 Å². The van der Waals surface area contributed by atoms with Gasteiger partial charge in [-0.15, -0.1) is 0 Å². The second-order valence-corrected chi connectivity index (χ2v) is 12.5. The van der Waals surface area contributed by atoms with Crippen molar-refractivity contribution in [3.8, 4) is 33.4 Å². The van der Waals surface area contributed by atoms with E-state index in [1.165, 1.54) is 76.5 Å². The van der Waals surface area contributed by atoms with Gasteiger partial charge in [0.25, 0.3) is 0 Å². The van der Waals surface area contributed by atoms with Gasteiger partial charge in [-0.2, -0.15) is 0 Å². The molecule has 0 bridgehead atoms. The lowest BCUT2D eigenvalue weighted by atomic mass is 9.84. The summed E-state index contributed by atoms with van der Waals surface area (Å²) in [5, 5.41) is 12.4. The Labute approximate surface area is 271 Å². The quantitative estimate of drug-likeness (QED) is 0.185. The topological polar surface area (TPSA) is 13.1 Å². The first-order valence-corrected chi connectivity index (χ1v) is 16.2. The van der Waals surface area contributed by atoms with Crippen LogP contribution in [0.25, 0.3) is 98.4 Å². The molecule has 10 rings (SSSR count). The molecular formula is C46H28O. The fraction of sp³-hybridized carbons (Fsp3) is 0. The molecule has 0 spiro atoms. The Bertz CT molecular complexity index is 2790. The van der Waals surface area contributed by atoms with Crippen LogP contribution in [0, 0.1) is 0 Å². The summed E-state index contributed by atoms with van der Waals surface area (Å²) in [7, 11) is 0. The predicted molar refractivity (Wildman–Crippen MR) is 200 cm³/mol. The van der Waals surface area contributed by atoms with Gasteiger partial charge in [0.15, 0.2) is 0 Å². The summed E-state index contributed by atoms with van der Waals surface area (Å²) in [5.74, 6) is 0. The maximum absolute atomic E-state index is 6.08. The first-order chi connectivity index (χ1) is 23.3. The second-order valence-electron chi connectivity index (χ2n) is 12.5. The summed E-state index contributed by atoms with van der Waals surface area (Å²) < 4.78 is 6.08. The number of rotatable bonds is 3. The molecule has 0 radical (unpaired) electrons. The normalized spacial score (nSPS) is 11.8. The summed E-state index contributed by atoms with van der Waals surface area (Å²) in [6.07, 6.45) is 0. The molecule has 0 aliphatic rings. The lowest BCUT2D eigenvalue weighted by Gasteiger charge is -2.19. The Balaban J connectivity index is 1.16. The Morgan fingerprint density at radius 3 is 1.53 bits per heavy atom. The van der Waals surface area contributed by atoms with Gasteiger partial charge in [0.1, 0.15) is 11.2 Å². The van der Waals surface area contributed by atoms with E-state index in [2.05, 4.69) is 158 Å². The molecule has 1 nitrogen and oxygen atoms in total. The van der Waals surface area contributed by atoms with Crippen molar-refractivity contribution in [1.29, 1.82) is 0 Å². The van der Waals surface area contributed by atoms with E-state index < -0.39 is 0 Å². The molecule has 10 aromatic rings. The molecule has 47 heavy (non-hydrogen) atoms. The third kappa shape index (κ3) is 4.03. The molecule has 1 aromatic heterocycles. The van der Waals surface area contributed by atoms with Crippen molar-refractivity contribution in [2.24, 2.45) is 0 Å². The Morgan fingerprint density at radius 2 is 0.787 bits per heavy atom. The largest absolute Gasteiger partial charge is 0.456 e. The van der Waals surface area contributed by atoms with Crippen LogP contribution in [0.3, 0.4) is 0 Å². The number of hydrogen-bond acceptors (Lipinski definition) is 1. The molecule has 0 saturated heterocycles. The highest BCUT2D eigenvalue weighted by Gasteiger charge is 2.18. The number of furan rings is 1. The van der Waals surface area contributed by atoms with E-state index in [4.69, 9.17) is 4.42 Å². The minimum Gasteiger partial charge on any atom is -0.456 e. The fourth-order valence-electron chi connectivity index (χ4n) is 7.66. The smallest absolute Gasteiger partial charge is 0.135 e. The molecule has 0 atom stereocenters. The number of fused-ring (bicyclic) bond motifs is 7. The van der Waals surface area contributed by atoms with E-state index >= 15 is 0 Å². The van der Waals surface area contributed by atoms with Gasteiger partial charge < -0.3 is 4.42 Å². The maximum Gasteiger partial charge on any atom is 0.135 e. The van der Waals surface area contributed by atoms with Crippen LogP contribution in [-0.4, -0.2) is 0 Å². The van der Waals surface area contributed by atoms with E-state index in [9.17, 15) is 0 Å². The lowest BCUT2D eigenvalue weighted by molar-refractivity contribution is 0.669. The number of para-hydroxylation sites is 1. The minimum absolute atomic E-state index is 0.923. The van der Waals surface area contributed by atoms with Gasteiger partial charge in [0, 0.05) is 10.8 Å². The van der Waals surface area contributed by atoms with Crippen molar-refractivity contribution < 1.29 is 4.42 Å². The van der Waals surface area contributed by atoms with Crippen LogP contribution in [0.4, 0.5) is 0 Å². The Kier molecular flexibility index (Phi) is 5.64. The molecule has 1 heterocycles. The van der Waals surface area contributed by atoms with Gasteiger partial charge in [-0.3, -0.25) is 0 Å².